The lowest BCUT2D eigenvalue weighted by Crippen LogP contribution is -1.98. The SMILES string of the molecule is [N]=C=C(C#N)C(=N)CC#N. The van der Waals surface area contributed by atoms with Crippen molar-refractivity contribution in [2.45, 2.75) is 6.42 Å². The number of rotatable bonds is 2. The van der Waals surface area contributed by atoms with Crippen LogP contribution in [-0.2, 0) is 0 Å². The minimum absolute atomic E-state index is 0.184. The first kappa shape index (κ1) is 8.10. The maximum atomic E-state index is 8.16. The topological polar surface area (TPSA) is 93.7 Å². The molecule has 0 atom stereocenters. The molecule has 4 heteroatoms. The van der Waals surface area contributed by atoms with Gasteiger partial charge in [-0.2, -0.15) is 10.5 Å². The van der Waals surface area contributed by atoms with Gasteiger partial charge in [-0.25, -0.2) is 0 Å². The average molecular weight is 131 g/mol. The van der Waals surface area contributed by atoms with E-state index in [0.717, 1.165) is 0 Å². The predicted molar refractivity (Wildman–Crippen MR) is 34.2 cm³/mol. The van der Waals surface area contributed by atoms with Crippen molar-refractivity contribution in [3.63, 3.8) is 0 Å². The van der Waals surface area contributed by atoms with Crippen LogP contribution in [0.25, 0.3) is 0 Å². The summed E-state index contributed by atoms with van der Waals surface area (Å²) in [5, 5.41) is 31.3. The van der Waals surface area contributed by atoms with Crippen molar-refractivity contribution in [2.24, 2.45) is 0 Å². The number of hydrogen-bond donors (Lipinski definition) is 1. The van der Waals surface area contributed by atoms with Gasteiger partial charge in [-0.05, 0) is 0 Å². The van der Waals surface area contributed by atoms with Crippen LogP contribution in [0.15, 0.2) is 5.57 Å². The van der Waals surface area contributed by atoms with Gasteiger partial charge < -0.3 is 5.41 Å². The summed E-state index contributed by atoms with van der Waals surface area (Å²) < 4.78 is 0. The molecule has 0 spiro atoms. The fourth-order valence-corrected chi connectivity index (χ4v) is 0.327. The molecule has 0 aliphatic carbocycles. The molecule has 4 nitrogen and oxygen atoms in total. The highest BCUT2D eigenvalue weighted by molar-refractivity contribution is 6.08. The first-order chi connectivity index (χ1) is 4.76. The molecule has 0 saturated carbocycles. The van der Waals surface area contributed by atoms with Gasteiger partial charge in [0.25, 0.3) is 0 Å². The van der Waals surface area contributed by atoms with Gasteiger partial charge in [0.2, 0.25) is 0 Å². The van der Waals surface area contributed by atoms with E-state index in [9.17, 15) is 0 Å². The van der Waals surface area contributed by atoms with Crippen LogP contribution in [-0.4, -0.2) is 11.6 Å². The Hall–Kier alpha value is -1.90. The molecule has 0 bridgehead atoms. The van der Waals surface area contributed by atoms with Crippen molar-refractivity contribution in [2.75, 3.05) is 0 Å². The maximum Gasteiger partial charge on any atom is 0.137 e. The summed E-state index contributed by atoms with van der Waals surface area (Å²) in [6.45, 7) is 0. The van der Waals surface area contributed by atoms with E-state index in [0.29, 0.717) is 0 Å². The standard InChI is InChI=1S/C6H3N4/c7-2-1-6(10)5(3-8)4-9/h10H,1H2. The third kappa shape index (κ3) is 1.92. The average Bonchev–Trinajstić information content (AvgIpc) is 1.91. The summed E-state index contributed by atoms with van der Waals surface area (Å²) in [5.74, 6) is 1.52. The molecule has 0 aromatic carbocycles. The van der Waals surface area contributed by atoms with Gasteiger partial charge in [0.15, 0.2) is 0 Å². The Labute approximate surface area is 58.0 Å². The Morgan fingerprint density at radius 3 is 2.30 bits per heavy atom. The molecule has 0 aromatic heterocycles. The summed E-state index contributed by atoms with van der Waals surface area (Å²) in [7, 11) is 0. The summed E-state index contributed by atoms with van der Waals surface area (Å²) in [4.78, 5) is 0. The van der Waals surface area contributed by atoms with Gasteiger partial charge in [-0.1, -0.05) is 5.41 Å². The second kappa shape index (κ2) is 4.03. The minimum Gasteiger partial charge on any atom is -0.302 e. The van der Waals surface area contributed by atoms with E-state index in [-0.39, 0.29) is 17.7 Å². The number of hydrogen-bond acceptors (Lipinski definition) is 3. The zero-order chi connectivity index (χ0) is 7.98. The summed E-state index contributed by atoms with van der Waals surface area (Å²) in [5.41, 5.74) is -0.506. The van der Waals surface area contributed by atoms with Crippen molar-refractivity contribution < 1.29 is 0 Å². The maximum absolute atomic E-state index is 8.16. The molecule has 0 fully saturated rings. The van der Waals surface area contributed by atoms with Crippen LogP contribution in [0.2, 0.25) is 0 Å². The molecule has 0 amide bonds. The molecule has 0 saturated heterocycles. The van der Waals surface area contributed by atoms with Crippen molar-refractivity contribution in [1.82, 2.24) is 5.41 Å². The molecule has 10 heavy (non-hydrogen) atoms. The largest absolute Gasteiger partial charge is 0.302 e. The van der Waals surface area contributed by atoms with Gasteiger partial charge in [0, 0.05) is 5.87 Å². The molecule has 1 N–H and O–H groups in total. The predicted octanol–water partition coefficient (Wildman–Crippen LogP) is -0.160. The lowest BCUT2D eigenvalue weighted by atomic mass is 10.1. The molecule has 47 valence electrons. The van der Waals surface area contributed by atoms with Crippen LogP contribution in [0.4, 0.5) is 0 Å². The molecule has 1 radical (unpaired) electrons. The lowest BCUT2D eigenvalue weighted by molar-refractivity contribution is 1.34. The van der Waals surface area contributed by atoms with Crippen LogP contribution in [0.5, 0.6) is 0 Å². The Balaban J connectivity index is 4.41. The van der Waals surface area contributed by atoms with E-state index in [2.05, 4.69) is 0 Å². The van der Waals surface area contributed by atoms with Crippen LogP contribution in [0.3, 0.4) is 0 Å². The van der Waals surface area contributed by atoms with Gasteiger partial charge in [0.05, 0.1) is 18.2 Å². The van der Waals surface area contributed by atoms with Crippen molar-refractivity contribution in [1.29, 1.82) is 15.9 Å². The van der Waals surface area contributed by atoms with Gasteiger partial charge >= 0.3 is 0 Å². The van der Waals surface area contributed by atoms with Gasteiger partial charge in [-0.15, -0.1) is 0 Å². The molecule has 0 aliphatic heterocycles. The van der Waals surface area contributed by atoms with E-state index in [1.165, 1.54) is 11.9 Å². The Kier molecular flexibility index (Phi) is 3.26. The Bertz CT molecular complexity index is 269. The van der Waals surface area contributed by atoms with E-state index in [4.69, 9.17) is 21.3 Å². The van der Waals surface area contributed by atoms with Crippen LogP contribution >= 0.6 is 0 Å². The fraction of sp³-hybridized carbons (Fsp3) is 0.167. The fourth-order valence-electron chi connectivity index (χ4n) is 0.327. The third-order valence-corrected chi connectivity index (χ3v) is 0.781. The van der Waals surface area contributed by atoms with E-state index in [1.807, 2.05) is 0 Å². The number of nitrogens with one attached hydrogen (secondary N) is 1. The molecule has 0 aromatic rings. The van der Waals surface area contributed by atoms with Gasteiger partial charge in [0.1, 0.15) is 11.6 Å². The van der Waals surface area contributed by atoms with Crippen molar-refractivity contribution in [3.05, 3.63) is 5.57 Å². The quantitative estimate of drug-likeness (QED) is 0.416. The first-order valence-corrected chi connectivity index (χ1v) is 2.38. The Morgan fingerprint density at radius 1 is 1.40 bits per heavy atom. The summed E-state index contributed by atoms with van der Waals surface area (Å²) in [6.07, 6.45) is -0.184. The normalized spacial score (nSPS) is 6.60. The second-order valence-corrected chi connectivity index (χ2v) is 1.41. The molecular weight excluding hydrogens is 128 g/mol. The third-order valence-electron chi connectivity index (χ3n) is 0.781. The first-order valence-electron chi connectivity index (χ1n) is 2.38. The zero-order valence-corrected chi connectivity index (χ0v) is 5.05. The Morgan fingerprint density at radius 2 is 2.00 bits per heavy atom. The highest BCUT2D eigenvalue weighted by atomic mass is 14.4. The van der Waals surface area contributed by atoms with Crippen LogP contribution < -0.4 is 5.41 Å². The molecule has 0 unspecified atom stereocenters. The summed E-state index contributed by atoms with van der Waals surface area (Å²) in [6, 6.07) is 3.19. The highest BCUT2D eigenvalue weighted by Gasteiger charge is 2.01. The lowest BCUT2D eigenvalue weighted by Gasteiger charge is -1.86. The van der Waals surface area contributed by atoms with E-state index >= 15 is 0 Å². The van der Waals surface area contributed by atoms with Crippen LogP contribution in [0.1, 0.15) is 6.42 Å². The number of nitrogens with zero attached hydrogens (tertiary/aromatic N) is 3. The zero-order valence-electron chi connectivity index (χ0n) is 5.05. The highest BCUT2D eigenvalue weighted by Crippen LogP contribution is 1.92. The van der Waals surface area contributed by atoms with Gasteiger partial charge in [-0.3, -0.25) is 0 Å². The van der Waals surface area contributed by atoms with E-state index in [1.54, 1.807) is 6.07 Å². The molecular formula is C6H3N4. The van der Waals surface area contributed by atoms with Crippen molar-refractivity contribution in [3.8, 4) is 12.1 Å². The summed E-state index contributed by atoms with van der Waals surface area (Å²) >= 11 is 0. The smallest absolute Gasteiger partial charge is 0.137 e. The molecule has 0 aliphatic rings. The molecule has 0 heterocycles. The monoisotopic (exact) mass is 131 g/mol. The second-order valence-electron chi connectivity index (χ2n) is 1.41. The van der Waals surface area contributed by atoms with Crippen molar-refractivity contribution >= 4 is 11.6 Å². The molecule has 0 rings (SSSR count). The van der Waals surface area contributed by atoms with Crippen LogP contribution in [0, 0.1) is 28.1 Å². The number of nitriles is 2. The number of allylic oxidation sites excluding steroid dienone is 1. The van der Waals surface area contributed by atoms with E-state index < -0.39 is 0 Å². The minimum atomic E-state index is -0.290.